The Morgan fingerprint density at radius 2 is 1.77 bits per heavy atom. The molecular weight excluding hydrogens is 238 g/mol. The highest BCUT2D eigenvalue weighted by atomic mass is 79.9. The van der Waals surface area contributed by atoms with E-state index in [2.05, 4.69) is 4.99 Å². The Labute approximate surface area is 89.2 Å². The zero-order valence-corrected chi connectivity index (χ0v) is 9.58. The van der Waals surface area contributed by atoms with Crippen LogP contribution in [-0.4, -0.2) is 38.9 Å². The van der Waals surface area contributed by atoms with E-state index in [9.17, 15) is 0 Å². The van der Waals surface area contributed by atoms with Crippen LogP contribution >= 0.6 is 17.0 Å². The molecular formula is C7H18BrN3O2. The van der Waals surface area contributed by atoms with E-state index in [1.807, 2.05) is 6.92 Å². The third-order valence-electron chi connectivity index (χ3n) is 1.11. The van der Waals surface area contributed by atoms with E-state index in [-0.39, 0.29) is 22.9 Å². The van der Waals surface area contributed by atoms with E-state index in [1.54, 1.807) is 0 Å². The molecule has 0 radical (unpaired) electrons. The Morgan fingerprint density at radius 3 is 2.31 bits per heavy atom. The molecule has 0 aliphatic heterocycles. The van der Waals surface area contributed by atoms with Gasteiger partial charge in [0, 0.05) is 6.61 Å². The van der Waals surface area contributed by atoms with E-state index in [0.29, 0.717) is 26.4 Å². The van der Waals surface area contributed by atoms with Crippen molar-refractivity contribution in [3.8, 4) is 0 Å². The van der Waals surface area contributed by atoms with Crippen LogP contribution in [0.2, 0.25) is 0 Å². The number of nitrogens with zero attached hydrogens (tertiary/aromatic N) is 1. The van der Waals surface area contributed by atoms with Crippen molar-refractivity contribution < 1.29 is 9.47 Å². The molecule has 0 aromatic carbocycles. The van der Waals surface area contributed by atoms with Gasteiger partial charge in [0.2, 0.25) is 0 Å². The number of nitrogens with two attached hydrogens (primary N) is 2. The fourth-order valence-electron chi connectivity index (χ4n) is 0.604. The molecule has 0 unspecified atom stereocenters. The fourth-order valence-corrected chi connectivity index (χ4v) is 0.604. The third kappa shape index (κ3) is 14.5. The highest BCUT2D eigenvalue weighted by Gasteiger charge is 1.87. The molecule has 0 aromatic rings. The summed E-state index contributed by atoms with van der Waals surface area (Å²) in [5.74, 6) is 0.100. The number of guanidine groups is 1. The predicted molar refractivity (Wildman–Crippen MR) is 58.3 cm³/mol. The zero-order valence-electron chi connectivity index (χ0n) is 7.86. The van der Waals surface area contributed by atoms with Gasteiger partial charge >= 0.3 is 0 Å². The minimum absolute atomic E-state index is 0. The molecule has 0 aliphatic rings. The summed E-state index contributed by atoms with van der Waals surface area (Å²) in [6, 6.07) is 0. The maximum atomic E-state index is 5.14. The SMILES string of the molecule is Br.CCOCCOCCN=C(N)N. The lowest BCUT2D eigenvalue weighted by Crippen LogP contribution is -2.23. The molecule has 6 heteroatoms. The third-order valence-corrected chi connectivity index (χ3v) is 1.11. The maximum absolute atomic E-state index is 5.14. The van der Waals surface area contributed by atoms with E-state index < -0.39 is 0 Å². The molecule has 0 rings (SSSR count). The van der Waals surface area contributed by atoms with Crippen LogP contribution in [0.15, 0.2) is 4.99 Å². The minimum Gasteiger partial charge on any atom is -0.379 e. The van der Waals surface area contributed by atoms with Gasteiger partial charge in [-0.05, 0) is 6.92 Å². The second kappa shape index (κ2) is 11.7. The number of aliphatic imine (C=N–C) groups is 1. The summed E-state index contributed by atoms with van der Waals surface area (Å²) in [6.45, 7) is 4.92. The molecule has 80 valence electrons. The van der Waals surface area contributed by atoms with Gasteiger partial charge in [-0.2, -0.15) is 0 Å². The Hall–Kier alpha value is -0.330. The number of ether oxygens (including phenoxy) is 2. The maximum Gasteiger partial charge on any atom is 0.185 e. The lowest BCUT2D eigenvalue weighted by Gasteiger charge is -2.01. The summed E-state index contributed by atoms with van der Waals surface area (Å²) in [7, 11) is 0. The molecule has 5 nitrogen and oxygen atoms in total. The molecule has 0 bridgehead atoms. The van der Waals surface area contributed by atoms with E-state index in [4.69, 9.17) is 20.9 Å². The first-order chi connectivity index (χ1) is 5.77. The van der Waals surface area contributed by atoms with Gasteiger partial charge in [-0.25, -0.2) is 0 Å². The molecule has 0 saturated carbocycles. The number of hydrogen-bond donors (Lipinski definition) is 2. The van der Waals surface area contributed by atoms with Crippen LogP contribution in [0.1, 0.15) is 6.92 Å². The van der Waals surface area contributed by atoms with Crippen molar-refractivity contribution in [2.24, 2.45) is 16.5 Å². The molecule has 13 heavy (non-hydrogen) atoms. The second-order valence-corrected chi connectivity index (χ2v) is 2.12. The normalized spacial score (nSPS) is 9.00. The van der Waals surface area contributed by atoms with Crippen molar-refractivity contribution in [1.29, 1.82) is 0 Å². The van der Waals surface area contributed by atoms with Crippen molar-refractivity contribution in [3.63, 3.8) is 0 Å². The highest BCUT2D eigenvalue weighted by molar-refractivity contribution is 8.93. The second-order valence-electron chi connectivity index (χ2n) is 2.12. The monoisotopic (exact) mass is 255 g/mol. The number of rotatable bonds is 7. The molecule has 0 atom stereocenters. The van der Waals surface area contributed by atoms with Gasteiger partial charge in [-0.3, -0.25) is 4.99 Å². The number of halogens is 1. The Kier molecular flexibility index (Phi) is 13.6. The van der Waals surface area contributed by atoms with Crippen molar-refractivity contribution in [3.05, 3.63) is 0 Å². The average molecular weight is 256 g/mol. The predicted octanol–water partition coefficient (Wildman–Crippen LogP) is -0.109. The summed E-state index contributed by atoms with van der Waals surface area (Å²) in [5, 5.41) is 0. The lowest BCUT2D eigenvalue weighted by molar-refractivity contribution is 0.0562. The van der Waals surface area contributed by atoms with Gasteiger partial charge in [0.05, 0.1) is 26.4 Å². The van der Waals surface area contributed by atoms with Gasteiger partial charge in [0.25, 0.3) is 0 Å². The van der Waals surface area contributed by atoms with Crippen LogP contribution in [0.25, 0.3) is 0 Å². The van der Waals surface area contributed by atoms with Crippen molar-refractivity contribution in [2.45, 2.75) is 6.92 Å². The molecule has 0 heterocycles. The molecule has 0 amide bonds. The number of hydrogen-bond acceptors (Lipinski definition) is 3. The van der Waals surface area contributed by atoms with Gasteiger partial charge in [-0.1, -0.05) is 0 Å². The van der Waals surface area contributed by atoms with Crippen LogP contribution in [0.5, 0.6) is 0 Å². The first-order valence-corrected chi connectivity index (χ1v) is 3.98. The van der Waals surface area contributed by atoms with Crippen LogP contribution < -0.4 is 11.5 Å². The Bertz CT molecular complexity index is 129. The van der Waals surface area contributed by atoms with Crippen molar-refractivity contribution >= 4 is 22.9 Å². The summed E-state index contributed by atoms with van der Waals surface area (Å²) in [6.07, 6.45) is 0. The first-order valence-electron chi connectivity index (χ1n) is 3.98. The van der Waals surface area contributed by atoms with Gasteiger partial charge in [0.1, 0.15) is 0 Å². The van der Waals surface area contributed by atoms with Gasteiger partial charge < -0.3 is 20.9 Å². The van der Waals surface area contributed by atoms with Crippen molar-refractivity contribution in [2.75, 3.05) is 33.0 Å². The summed E-state index contributed by atoms with van der Waals surface area (Å²) < 4.78 is 10.2. The van der Waals surface area contributed by atoms with E-state index in [1.165, 1.54) is 0 Å². The van der Waals surface area contributed by atoms with Crippen LogP contribution in [0, 0.1) is 0 Å². The highest BCUT2D eigenvalue weighted by Crippen LogP contribution is 1.78. The molecule has 0 aliphatic carbocycles. The largest absolute Gasteiger partial charge is 0.379 e. The van der Waals surface area contributed by atoms with Crippen LogP contribution in [-0.2, 0) is 9.47 Å². The van der Waals surface area contributed by atoms with Crippen molar-refractivity contribution in [1.82, 2.24) is 0 Å². The first kappa shape index (κ1) is 15.2. The molecule has 0 aromatic heterocycles. The standard InChI is InChI=1S/C7H17N3O2.BrH/c1-2-11-5-6-12-4-3-10-7(8)9;/h2-6H2,1H3,(H4,8,9,10);1H. The topological polar surface area (TPSA) is 82.9 Å². The Balaban J connectivity index is 0. The quantitative estimate of drug-likeness (QED) is 0.378. The molecule has 0 spiro atoms. The summed E-state index contributed by atoms with van der Waals surface area (Å²) >= 11 is 0. The van der Waals surface area contributed by atoms with Crippen LogP contribution in [0.3, 0.4) is 0 Å². The zero-order chi connectivity index (χ0) is 9.23. The Morgan fingerprint density at radius 1 is 1.15 bits per heavy atom. The molecule has 4 N–H and O–H groups in total. The average Bonchev–Trinajstić information content (AvgIpc) is 2.02. The van der Waals surface area contributed by atoms with E-state index >= 15 is 0 Å². The van der Waals surface area contributed by atoms with Crippen LogP contribution in [0.4, 0.5) is 0 Å². The molecule has 0 saturated heterocycles. The van der Waals surface area contributed by atoms with Gasteiger partial charge in [-0.15, -0.1) is 17.0 Å². The van der Waals surface area contributed by atoms with E-state index in [0.717, 1.165) is 6.61 Å². The molecule has 0 fully saturated rings. The summed E-state index contributed by atoms with van der Waals surface area (Å²) in [4.78, 5) is 3.75. The minimum atomic E-state index is 0. The van der Waals surface area contributed by atoms with Gasteiger partial charge in [0.15, 0.2) is 5.96 Å². The summed E-state index contributed by atoms with van der Waals surface area (Å²) in [5.41, 5.74) is 10.2. The lowest BCUT2D eigenvalue weighted by atomic mass is 10.7. The fraction of sp³-hybridized carbons (Fsp3) is 0.857. The smallest absolute Gasteiger partial charge is 0.185 e.